The molecule has 1 aromatic heterocycles. The lowest BCUT2D eigenvalue weighted by Gasteiger charge is -2.30. The second kappa shape index (κ2) is 8.04. The highest BCUT2D eigenvalue weighted by Crippen LogP contribution is 2.31. The largest absolute Gasteiger partial charge is 0.326 e. The van der Waals surface area contributed by atoms with Gasteiger partial charge in [-0.25, -0.2) is 8.42 Å². The predicted octanol–water partition coefficient (Wildman–Crippen LogP) is 4.75. The maximum atomic E-state index is 12.7. The van der Waals surface area contributed by atoms with Crippen LogP contribution in [0.15, 0.2) is 34.5 Å². The minimum Gasteiger partial charge on any atom is -0.326 e. The van der Waals surface area contributed by atoms with Crippen LogP contribution in [-0.2, 0) is 14.8 Å². The first-order valence-corrected chi connectivity index (χ1v) is 11.2. The Morgan fingerprint density at radius 3 is 2.46 bits per heavy atom. The Morgan fingerprint density at radius 2 is 1.85 bits per heavy atom. The Bertz CT molecular complexity index is 910. The van der Waals surface area contributed by atoms with E-state index in [9.17, 15) is 13.2 Å². The van der Waals surface area contributed by atoms with E-state index in [2.05, 4.69) is 5.32 Å². The number of thiophene rings is 1. The van der Waals surface area contributed by atoms with Gasteiger partial charge in [0.1, 0.15) is 4.21 Å². The number of piperidine rings is 1. The topological polar surface area (TPSA) is 66.5 Å². The first-order valence-electron chi connectivity index (χ1n) is 7.78. The fourth-order valence-corrected chi connectivity index (χ4v) is 6.50. The first-order chi connectivity index (χ1) is 12.3. The summed E-state index contributed by atoms with van der Waals surface area (Å²) in [6.45, 7) is 0.503. The number of rotatable bonds is 4. The van der Waals surface area contributed by atoms with Gasteiger partial charge in [-0.2, -0.15) is 4.31 Å². The molecule has 0 bridgehead atoms. The van der Waals surface area contributed by atoms with Gasteiger partial charge in [0.2, 0.25) is 5.91 Å². The number of carbonyl (C=O) groups is 1. The summed E-state index contributed by atoms with van der Waals surface area (Å²) in [7, 11) is -3.65. The van der Waals surface area contributed by atoms with Gasteiger partial charge in [-0.05, 0) is 43.2 Å². The smallest absolute Gasteiger partial charge is 0.252 e. The van der Waals surface area contributed by atoms with Crippen molar-refractivity contribution in [1.82, 2.24) is 4.31 Å². The maximum absolute atomic E-state index is 12.7. The van der Waals surface area contributed by atoms with E-state index in [0.717, 1.165) is 11.3 Å². The van der Waals surface area contributed by atoms with Gasteiger partial charge < -0.3 is 5.32 Å². The summed E-state index contributed by atoms with van der Waals surface area (Å²) in [5.41, 5.74) is 0.484. The molecule has 1 N–H and O–H groups in total. The fourth-order valence-electron chi connectivity index (χ4n) is 2.81. The van der Waals surface area contributed by atoms with E-state index in [0.29, 0.717) is 39.5 Å². The highest BCUT2D eigenvalue weighted by molar-refractivity contribution is 7.91. The molecular formula is C16H15Cl3N2O3S2. The van der Waals surface area contributed by atoms with Crippen molar-refractivity contribution in [2.24, 2.45) is 5.92 Å². The summed E-state index contributed by atoms with van der Waals surface area (Å²) >= 11 is 18.7. The number of halogens is 3. The third-order valence-corrected chi connectivity index (χ3v) is 8.03. The molecule has 1 fully saturated rings. The first kappa shape index (κ1) is 19.9. The number of carbonyl (C=O) groups excluding carboxylic acids is 1. The minimum atomic E-state index is -3.65. The normalized spacial score (nSPS) is 18.7. The van der Waals surface area contributed by atoms with E-state index in [4.69, 9.17) is 34.8 Å². The number of hydrogen-bond donors (Lipinski definition) is 1. The molecule has 5 nitrogen and oxygen atoms in total. The van der Waals surface area contributed by atoms with Crippen molar-refractivity contribution in [3.63, 3.8) is 0 Å². The molecule has 1 atom stereocenters. The molecule has 10 heteroatoms. The van der Waals surface area contributed by atoms with Crippen LogP contribution in [-0.4, -0.2) is 31.7 Å². The molecule has 0 saturated carbocycles. The van der Waals surface area contributed by atoms with Crippen LogP contribution >= 0.6 is 46.1 Å². The van der Waals surface area contributed by atoms with Crippen LogP contribution in [0.5, 0.6) is 0 Å². The van der Waals surface area contributed by atoms with Crippen molar-refractivity contribution in [2.75, 3.05) is 18.4 Å². The summed E-state index contributed by atoms with van der Waals surface area (Å²) in [4.78, 5) is 12.6. The van der Waals surface area contributed by atoms with Gasteiger partial charge in [-0.1, -0.05) is 34.8 Å². The Hall–Kier alpha value is -0.830. The van der Waals surface area contributed by atoms with Gasteiger partial charge in [0.25, 0.3) is 10.0 Å². The van der Waals surface area contributed by atoms with Crippen molar-refractivity contribution in [3.05, 3.63) is 44.7 Å². The van der Waals surface area contributed by atoms with E-state index < -0.39 is 15.9 Å². The zero-order chi connectivity index (χ0) is 18.9. The zero-order valence-electron chi connectivity index (χ0n) is 13.4. The van der Waals surface area contributed by atoms with Crippen LogP contribution in [0.25, 0.3) is 0 Å². The number of anilines is 1. The third-order valence-electron chi connectivity index (χ3n) is 4.03. The zero-order valence-corrected chi connectivity index (χ0v) is 17.3. The molecule has 0 radical (unpaired) electrons. The lowest BCUT2D eigenvalue weighted by atomic mass is 9.99. The molecule has 1 aromatic carbocycles. The highest BCUT2D eigenvalue weighted by Gasteiger charge is 2.34. The quantitative estimate of drug-likeness (QED) is 0.726. The Morgan fingerprint density at radius 1 is 1.15 bits per heavy atom. The van der Waals surface area contributed by atoms with Crippen molar-refractivity contribution in [2.45, 2.75) is 17.1 Å². The standard InChI is InChI=1S/C16H15Cl3N2O3S2/c17-11-6-12(18)8-13(7-11)20-16(22)10-2-1-5-21(9-10)26(23,24)15-4-3-14(19)25-15/h3-4,6-8,10H,1-2,5,9H2,(H,20,22). The third kappa shape index (κ3) is 4.52. The van der Waals surface area contributed by atoms with E-state index in [-0.39, 0.29) is 16.7 Å². The molecule has 1 aliphatic heterocycles. The number of benzene rings is 1. The summed E-state index contributed by atoms with van der Waals surface area (Å²) in [6, 6.07) is 7.79. The van der Waals surface area contributed by atoms with Crippen molar-refractivity contribution < 1.29 is 13.2 Å². The number of nitrogens with one attached hydrogen (secondary N) is 1. The SMILES string of the molecule is O=C(Nc1cc(Cl)cc(Cl)c1)C1CCCN(S(=O)(=O)c2ccc(Cl)s2)C1. The van der Waals surface area contributed by atoms with Crippen LogP contribution < -0.4 is 5.32 Å². The fraction of sp³-hybridized carbons (Fsp3) is 0.312. The lowest BCUT2D eigenvalue weighted by molar-refractivity contribution is -0.120. The molecular weight excluding hydrogens is 439 g/mol. The van der Waals surface area contributed by atoms with Crippen molar-refractivity contribution in [3.8, 4) is 0 Å². The molecule has 1 unspecified atom stereocenters. The number of nitrogens with zero attached hydrogens (tertiary/aromatic N) is 1. The number of sulfonamides is 1. The molecule has 26 heavy (non-hydrogen) atoms. The van der Waals surface area contributed by atoms with E-state index in [1.165, 1.54) is 10.4 Å². The minimum absolute atomic E-state index is 0.123. The summed E-state index contributed by atoms with van der Waals surface area (Å²) in [5, 5.41) is 3.59. The van der Waals surface area contributed by atoms with Crippen molar-refractivity contribution >= 4 is 67.8 Å². The van der Waals surface area contributed by atoms with Gasteiger partial charge in [0, 0.05) is 28.8 Å². The second-order valence-electron chi connectivity index (χ2n) is 5.91. The van der Waals surface area contributed by atoms with E-state index >= 15 is 0 Å². The summed E-state index contributed by atoms with van der Waals surface area (Å²) < 4.78 is 27.4. The van der Waals surface area contributed by atoms with Crippen LogP contribution in [0.1, 0.15) is 12.8 Å². The van der Waals surface area contributed by atoms with Gasteiger partial charge in [0.15, 0.2) is 0 Å². The van der Waals surface area contributed by atoms with Crippen molar-refractivity contribution in [1.29, 1.82) is 0 Å². The number of amides is 1. The maximum Gasteiger partial charge on any atom is 0.252 e. The molecule has 0 spiro atoms. The van der Waals surface area contributed by atoms with Gasteiger partial charge in [0.05, 0.1) is 10.3 Å². The van der Waals surface area contributed by atoms with Gasteiger partial charge >= 0.3 is 0 Å². The predicted molar refractivity (Wildman–Crippen MR) is 106 cm³/mol. The van der Waals surface area contributed by atoms with E-state index in [1.54, 1.807) is 24.3 Å². The molecule has 0 aliphatic carbocycles. The van der Waals surface area contributed by atoms with Crippen LogP contribution in [0.4, 0.5) is 5.69 Å². The molecule has 3 rings (SSSR count). The molecule has 1 amide bonds. The van der Waals surface area contributed by atoms with Crippen LogP contribution in [0.2, 0.25) is 14.4 Å². The monoisotopic (exact) mass is 452 g/mol. The lowest BCUT2D eigenvalue weighted by Crippen LogP contribution is -2.43. The highest BCUT2D eigenvalue weighted by atomic mass is 35.5. The Labute approximate surface area is 170 Å². The van der Waals surface area contributed by atoms with Crippen LogP contribution in [0.3, 0.4) is 0 Å². The van der Waals surface area contributed by atoms with Gasteiger partial charge in [-0.3, -0.25) is 4.79 Å². The molecule has 140 valence electrons. The Balaban J connectivity index is 1.72. The second-order valence-corrected chi connectivity index (χ2v) is 10.7. The van der Waals surface area contributed by atoms with Gasteiger partial charge in [-0.15, -0.1) is 11.3 Å². The number of hydrogen-bond acceptors (Lipinski definition) is 4. The molecule has 2 heterocycles. The summed E-state index contributed by atoms with van der Waals surface area (Å²) in [6.07, 6.45) is 1.21. The average Bonchev–Trinajstić information content (AvgIpc) is 3.01. The summed E-state index contributed by atoms with van der Waals surface area (Å²) in [5.74, 6) is -0.709. The average molecular weight is 454 g/mol. The van der Waals surface area contributed by atoms with Crippen LogP contribution in [0, 0.1) is 5.92 Å². The molecule has 1 saturated heterocycles. The van der Waals surface area contributed by atoms with E-state index in [1.807, 2.05) is 0 Å². The molecule has 2 aromatic rings. The Kier molecular flexibility index (Phi) is 6.16. The molecule has 1 aliphatic rings.